The Hall–Kier alpha value is -3.14. The summed E-state index contributed by atoms with van der Waals surface area (Å²) in [7, 11) is 4.00. The second-order valence-corrected chi connectivity index (χ2v) is 9.08. The molecule has 33 heavy (non-hydrogen) atoms. The lowest BCUT2D eigenvalue weighted by Crippen LogP contribution is -2.43. The predicted molar refractivity (Wildman–Crippen MR) is 134 cm³/mol. The fourth-order valence-corrected chi connectivity index (χ4v) is 4.24. The summed E-state index contributed by atoms with van der Waals surface area (Å²) in [6.07, 6.45) is 3.50. The summed E-state index contributed by atoms with van der Waals surface area (Å²) in [6.45, 7) is 2.04. The van der Waals surface area contributed by atoms with Gasteiger partial charge in [-0.2, -0.15) is 0 Å². The molecule has 0 bridgehead atoms. The SMILES string of the molecule is CNSc1cccc(Nc2cc(Nc3ccc(C(=O)NC4CCN(C)CC4)cc3)ncn2)c1. The van der Waals surface area contributed by atoms with E-state index in [1.165, 1.54) is 6.33 Å². The molecule has 0 aliphatic carbocycles. The molecule has 3 aromatic rings. The predicted octanol–water partition coefficient (Wildman–Crippen LogP) is 4.01. The molecule has 1 aromatic heterocycles. The maximum absolute atomic E-state index is 12.6. The van der Waals surface area contributed by atoms with Crippen LogP contribution in [0.4, 0.5) is 23.0 Å². The highest BCUT2D eigenvalue weighted by Crippen LogP contribution is 2.23. The highest BCUT2D eigenvalue weighted by molar-refractivity contribution is 7.97. The van der Waals surface area contributed by atoms with Gasteiger partial charge < -0.3 is 20.9 Å². The summed E-state index contributed by atoms with van der Waals surface area (Å²) in [5.41, 5.74) is 2.45. The molecule has 0 radical (unpaired) electrons. The van der Waals surface area contributed by atoms with Crippen molar-refractivity contribution in [2.75, 3.05) is 37.8 Å². The zero-order chi connectivity index (χ0) is 23.0. The Balaban J connectivity index is 1.35. The maximum Gasteiger partial charge on any atom is 0.251 e. The van der Waals surface area contributed by atoms with E-state index in [0.717, 1.165) is 42.2 Å². The topological polar surface area (TPSA) is 94.2 Å². The minimum Gasteiger partial charge on any atom is -0.349 e. The van der Waals surface area contributed by atoms with Gasteiger partial charge in [0, 0.05) is 33.9 Å². The Morgan fingerprint density at radius 2 is 1.67 bits per heavy atom. The highest BCUT2D eigenvalue weighted by Gasteiger charge is 2.19. The first kappa shape index (κ1) is 23.0. The number of amides is 1. The number of piperidine rings is 1. The molecule has 0 atom stereocenters. The lowest BCUT2D eigenvalue weighted by atomic mass is 10.0. The number of nitrogens with zero attached hydrogens (tertiary/aromatic N) is 3. The van der Waals surface area contributed by atoms with Crippen LogP contribution < -0.4 is 20.7 Å². The Morgan fingerprint density at radius 1 is 0.970 bits per heavy atom. The van der Waals surface area contributed by atoms with Crippen LogP contribution in [0.15, 0.2) is 65.8 Å². The summed E-state index contributed by atoms with van der Waals surface area (Å²) in [6, 6.07) is 17.6. The molecule has 9 heteroatoms. The summed E-state index contributed by atoms with van der Waals surface area (Å²) < 4.78 is 3.07. The minimum absolute atomic E-state index is 0.0247. The monoisotopic (exact) mass is 463 g/mol. The maximum atomic E-state index is 12.6. The van der Waals surface area contributed by atoms with Crippen LogP contribution in [0.1, 0.15) is 23.2 Å². The fraction of sp³-hybridized carbons (Fsp3) is 0.292. The van der Waals surface area contributed by atoms with Gasteiger partial charge in [0.1, 0.15) is 18.0 Å². The van der Waals surface area contributed by atoms with Crippen LogP contribution in [0.2, 0.25) is 0 Å². The van der Waals surface area contributed by atoms with E-state index >= 15 is 0 Å². The van der Waals surface area contributed by atoms with E-state index in [0.29, 0.717) is 17.2 Å². The van der Waals surface area contributed by atoms with Crippen LogP contribution in [-0.4, -0.2) is 54.0 Å². The van der Waals surface area contributed by atoms with Gasteiger partial charge in [-0.15, -0.1) is 0 Å². The van der Waals surface area contributed by atoms with E-state index < -0.39 is 0 Å². The van der Waals surface area contributed by atoms with Crippen LogP contribution in [0.5, 0.6) is 0 Å². The molecule has 172 valence electrons. The summed E-state index contributed by atoms with van der Waals surface area (Å²) >= 11 is 1.55. The first-order valence-electron chi connectivity index (χ1n) is 11.0. The second-order valence-electron chi connectivity index (χ2n) is 8.00. The van der Waals surface area contributed by atoms with Crippen molar-refractivity contribution in [2.24, 2.45) is 0 Å². The Kier molecular flexibility index (Phi) is 7.77. The molecule has 1 amide bonds. The van der Waals surface area contributed by atoms with Crippen molar-refractivity contribution in [3.05, 3.63) is 66.5 Å². The Labute approximate surface area is 198 Å². The second kappa shape index (κ2) is 11.1. The smallest absolute Gasteiger partial charge is 0.251 e. The van der Waals surface area contributed by atoms with E-state index in [1.54, 1.807) is 11.9 Å². The van der Waals surface area contributed by atoms with Crippen LogP contribution in [-0.2, 0) is 0 Å². The molecule has 0 saturated carbocycles. The highest BCUT2D eigenvalue weighted by atomic mass is 32.2. The molecule has 1 aliphatic heterocycles. The van der Waals surface area contributed by atoms with Crippen molar-refractivity contribution in [3.8, 4) is 0 Å². The number of aromatic nitrogens is 2. The molecule has 1 aliphatic rings. The average Bonchev–Trinajstić information content (AvgIpc) is 2.82. The summed E-state index contributed by atoms with van der Waals surface area (Å²) in [4.78, 5) is 24.6. The van der Waals surface area contributed by atoms with E-state index in [-0.39, 0.29) is 11.9 Å². The molecular weight excluding hydrogens is 434 g/mol. The number of carbonyl (C=O) groups is 1. The number of hydrogen-bond donors (Lipinski definition) is 4. The van der Waals surface area contributed by atoms with Gasteiger partial charge in [-0.05, 0) is 94.4 Å². The molecule has 4 N–H and O–H groups in total. The Bertz CT molecular complexity index is 1070. The molecule has 0 unspecified atom stereocenters. The lowest BCUT2D eigenvalue weighted by Gasteiger charge is -2.29. The van der Waals surface area contributed by atoms with Crippen LogP contribution in [0.3, 0.4) is 0 Å². The van der Waals surface area contributed by atoms with Gasteiger partial charge in [0.05, 0.1) is 0 Å². The molecular formula is C24H29N7OS. The van der Waals surface area contributed by atoms with E-state index in [4.69, 9.17) is 0 Å². The van der Waals surface area contributed by atoms with Crippen molar-refractivity contribution in [1.82, 2.24) is 24.9 Å². The van der Waals surface area contributed by atoms with Crippen molar-refractivity contribution in [3.63, 3.8) is 0 Å². The van der Waals surface area contributed by atoms with E-state index in [2.05, 4.69) is 42.6 Å². The molecule has 1 fully saturated rings. The van der Waals surface area contributed by atoms with Gasteiger partial charge in [0.15, 0.2) is 0 Å². The number of benzene rings is 2. The van der Waals surface area contributed by atoms with Gasteiger partial charge in [-0.25, -0.2) is 9.97 Å². The number of hydrogen-bond acceptors (Lipinski definition) is 8. The first-order valence-corrected chi connectivity index (χ1v) is 11.8. The van der Waals surface area contributed by atoms with Gasteiger partial charge in [0.2, 0.25) is 0 Å². The quantitative estimate of drug-likeness (QED) is 0.372. The standard InChI is InChI=1S/C24H29N7OS/c1-25-33-21-5-3-4-20(14-21)29-23-15-22(26-16-27-23)28-18-8-6-17(7-9-18)24(32)30-19-10-12-31(2)13-11-19/h3-9,14-16,19,25H,10-13H2,1-2H3,(H,30,32)(H2,26,27,28,29). The normalized spacial score (nSPS) is 14.6. The van der Waals surface area contributed by atoms with Gasteiger partial charge in [-0.1, -0.05) is 6.07 Å². The van der Waals surface area contributed by atoms with E-state index in [1.807, 2.05) is 61.6 Å². The number of anilines is 4. The van der Waals surface area contributed by atoms with Gasteiger partial charge in [-0.3, -0.25) is 9.52 Å². The first-order chi connectivity index (χ1) is 16.1. The number of carbonyl (C=O) groups excluding carboxylic acids is 1. The molecule has 0 spiro atoms. The number of rotatable bonds is 8. The number of likely N-dealkylation sites (tertiary alicyclic amines) is 1. The summed E-state index contributed by atoms with van der Waals surface area (Å²) in [5.74, 6) is 1.33. The van der Waals surface area contributed by atoms with Gasteiger partial charge >= 0.3 is 0 Å². The van der Waals surface area contributed by atoms with Crippen molar-refractivity contribution in [1.29, 1.82) is 0 Å². The van der Waals surface area contributed by atoms with Crippen molar-refractivity contribution >= 4 is 40.9 Å². The van der Waals surface area contributed by atoms with E-state index in [9.17, 15) is 4.79 Å². The molecule has 4 rings (SSSR count). The van der Waals surface area contributed by atoms with Gasteiger partial charge in [0.25, 0.3) is 5.91 Å². The van der Waals surface area contributed by atoms with Crippen LogP contribution in [0, 0.1) is 0 Å². The third-order valence-electron chi connectivity index (χ3n) is 5.47. The van der Waals surface area contributed by atoms with Crippen molar-refractivity contribution < 1.29 is 4.79 Å². The molecule has 2 heterocycles. The summed E-state index contributed by atoms with van der Waals surface area (Å²) in [5, 5.41) is 9.72. The average molecular weight is 464 g/mol. The number of nitrogens with one attached hydrogen (secondary N) is 4. The third kappa shape index (κ3) is 6.67. The lowest BCUT2D eigenvalue weighted by molar-refractivity contribution is 0.0917. The molecule has 2 aromatic carbocycles. The molecule has 8 nitrogen and oxygen atoms in total. The largest absolute Gasteiger partial charge is 0.349 e. The van der Waals surface area contributed by atoms with Crippen LogP contribution in [0.25, 0.3) is 0 Å². The Morgan fingerprint density at radius 3 is 2.36 bits per heavy atom. The zero-order valence-corrected chi connectivity index (χ0v) is 19.7. The van der Waals surface area contributed by atoms with Crippen molar-refractivity contribution in [2.45, 2.75) is 23.8 Å². The third-order valence-corrected chi connectivity index (χ3v) is 6.16. The minimum atomic E-state index is -0.0247. The zero-order valence-electron chi connectivity index (χ0n) is 18.8. The van der Waals surface area contributed by atoms with Crippen LogP contribution >= 0.6 is 11.9 Å². The molecule has 1 saturated heterocycles. The fourth-order valence-electron chi connectivity index (χ4n) is 3.67.